The zero-order valence-electron chi connectivity index (χ0n) is 9.73. The predicted octanol–water partition coefficient (Wildman–Crippen LogP) is -1.57. The van der Waals surface area contributed by atoms with Crippen LogP contribution in [0.1, 0.15) is 6.92 Å². The van der Waals surface area contributed by atoms with Crippen LogP contribution in [-0.2, 0) is 14.4 Å². The largest absolute Gasteiger partial charge is 0.344 e. The summed E-state index contributed by atoms with van der Waals surface area (Å²) in [5.74, 6) is 0.726. The van der Waals surface area contributed by atoms with Crippen molar-refractivity contribution in [3.63, 3.8) is 0 Å². The quantitative estimate of drug-likeness (QED) is 0.474. The van der Waals surface area contributed by atoms with Gasteiger partial charge in [0, 0.05) is 19.6 Å². The molecule has 0 aromatic rings. The molecular weight excluding hydrogens is 222 g/mol. The molecule has 17 heavy (non-hydrogen) atoms. The molecule has 6 nitrogen and oxygen atoms in total. The van der Waals surface area contributed by atoms with E-state index in [1.165, 1.54) is 9.80 Å². The second kappa shape index (κ2) is 5.89. The Balaban J connectivity index is 2.52. The van der Waals surface area contributed by atoms with E-state index in [1.807, 2.05) is 0 Å². The number of likely N-dealkylation sites (N-methyl/N-ethyl adjacent to an activating group) is 1. The van der Waals surface area contributed by atoms with Crippen molar-refractivity contribution in [1.82, 2.24) is 15.1 Å². The van der Waals surface area contributed by atoms with Crippen molar-refractivity contribution in [2.24, 2.45) is 0 Å². The molecule has 1 aliphatic rings. The highest BCUT2D eigenvalue weighted by Crippen LogP contribution is 2.04. The Morgan fingerprint density at radius 2 is 1.94 bits per heavy atom. The summed E-state index contributed by atoms with van der Waals surface area (Å²) in [6.07, 6.45) is 4.99. The average molecular weight is 237 g/mol. The topological polar surface area (TPSA) is 69.7 Å². The minimum Gasteiger partial charge on any atom is -0.344 e. The van der Waals surface area contributed by atoms with Crippen molar-refractivity contribution >= 4 is 17.7 Å². The van der Waals surface area contributed by atoms with E-state index in [0.717, 1.165) is 0 Å². The first-order chi connectivity index (χ1) is 8.10. The maximum absolute atomic E-state index is 11.6. The van der Waals surface area contributed by atoms with E-state index < -0.39 is 11.8 Å². The zero-order valence-corrected chi connectivity index (χ0v) is 9.73. The molecule has 1 aliphatic heterocycles. The van der Waals surface area contributed by atoms with Gasteiger partial charge in [-0.05, 0) is 6.92 Å². The molecule has 0 radical (unpaired) electrons. The lowest BCUT2D eigenvalue weighted by atomic mass is 10.3. The highest BCUT2D eigenvalue weighted by molar-refractivity contribution is 6.35. The maximum Gasteiger partial charge on any atom is 0.312 e. The third kappa shape index (κ3) is 3.21. The van der Waals surface area contributed by atoms with E-state index in [1.54, 1.807) is 6.92 Å². The molecule has 0 atom stereocenters. The van der Waals surface area contributed by atoms with Crippen molar-refractivity contribution in [3.8, 4) is 12.3 Å². The van der Waals surface area contributed by atoms with Crippen LogP contribution in [0.2, 0.25) is 0 Å². The van der Waals surface area contributed by atoms with Gasteiger partial charge in [0.25, 0.3) is 0 Å². The third-order valence-electron chi connectivity index (χ3n) is 2.50. The molecule has 0 aromatic carbocycles. The summed E-state index contributed by atoms with van der Waals surface area (Å²) in [5.41, 5.74) is 0. The third-order valence-corrected chi connectivity index (χ3v) is 2.50. The summed E-state index contributed by atoms with van der Waals surface area (Å²) in [7, 11) is 0. The monoisotopic (exact) mass is 237 g/mol. The number of carbonyl (C=O) groups excluding carboxylic acids is 3. The second-order valence-electron chi connectivity index (χ2n) is 3.59. The van der Waals surface area contributed by atoms with Gasteiger partial charge < -0.3 is 15.1 Å². The van der Waals surface area contributed by atoms with Crippen LogP contribution in [0.25, 0.3) is 0 Å². The van der Waals surface area contributed by atoms with Crippen LogP contribution >= 0.6 is 0 Å². The number of piperazine rings is 1. The molecule has 1 saturated heterocycles. The minimum absolute atomic E-state index is 0.121. The standard InChI is InChI=1S/C11H15N3O3/c1-3-5-12-9(15)8-14-7-6-13(4-2)10(16)11(14)17/h1H,4-8H2,2H3,(H,12,15). The van der Waals surface area contributed by atoms with E-state index in [4.69, 9.17) is 6.42 Å². The Labute approximate surface area is 99.9 Å². The van der Waals surface area contributed by atoms with E-state index in [9.17, 15) is 14.4 Å². The normalized spacial score (nSPS) is 15.8. The molecule has 0 saturated carbocycles. The van der Waals surface area contributed by atoms with Crippen molar-refractivity contribution in [2.75, 3.05) is 32.7 Å². The molecular formula is C11H15N3O3. The lowest BCUT2D eigenvalue weighted by Gasteiger charge is -2.32. The molecule has 1 N–H and O–H groups in total. The molecule has 6 heteroatoms. The molecule has 0 unspecified atom stereocenters. The van der Waals surface area contributed by atoms with Crippen LogP contribution in [0.5, 0.6) is 0 Å². The number of rotatable bonds is 4. The van der Waals surface area contributed by atoms with Gasteiger partial charge in [-0.1, -0.05) is 5.92 Å². The van der Waals surface area contributed by atoms with Crippen LogP contribution < -0.4 is 5.32 Å². The molecule has 0 aromatic heterocycles. The summed E-state index contributed by atoms with van der Waals surface area (Å²) in [6.45, 7) is 3.15. The van der Waals surface area contributed by atoms with E-state index >= 15 is 0 Å². The fourth-order valence-electron chi connectivity index (χ4n) is 1.55. The predicted molar refractivity (Wildman–Crippen MR) is 60.7 cm³/mol. The molecule has 0 bridgehead atoms. The van der Waals surface area contributed by atoms with Crippen LogP contribution in [0, 0.1) is 12.3 Å². The zero-order chi connectivity index (χ0) is 12.8. The lowest BCUT2D eigenvalue weighted by Crippen LogP contribution is -2.56. The molecule has 1 fully saturated rings. The lowest BCUT2D eigenvalue weighted by molar-refractivity contribution is -0.156. The number of amides is 3. The van der Waals surface area contributed by atoms with Gasteiger partial charge in [-0.3, -0.25) is 14.4 Å². The highest BCUT2D eigenvalue weighted by Gasteiger charge is 2.32. The molecule has 3 amide bonds. The molecule has 92 valence electrons. The highest BCUT2D eigenvalue weighted by atomic mass is 16.2. The van der Waals surface area contributed by atoms with E-state index in [0.29, 0.717) is 19.6 Å². The Bertz CT molecular complexity index is 373. The number of nitrogens with zero attached hydrogens (tertiary/aromatic N) is 2. The van der Waals surface area contributed by atoms with Gasteiger partial charge >= 0.3 is 11.8 Å². The number of nitrogens with one attached hydrogen (secondary N) is 1. The van der Waals surface area contributed by atoms with E-state index in [2.05, 4.69) is 11.2 Å². The van der Waals surface area contributed by atoms with Gasteiger partial charge in [-0.25, -0.2) is 0 Å². The fourth-order valence-corrected chi connectivity index (χ4v) is 1.55. The number of carbonyl (C=O) groups is 3. The van der Waals surface area contributed by atoms with Gasteiger partial charge in [-0.2, -0.15) is 0 Å². The van der Waals surface area contributed by atoms with Gasteiger partial charge in [0.2, 0.25) is 5.91 Å². The van der Waals surface area contributed by atoms with Crippen LogP contribution in [0.3, 0.4) is 0 Å². The van der Waals surface area contributed by atoms with Gasteiger partial charge in [0.1, 0.15) is 6.54 Å². The smallest absolute Gasteiger partial charge is 0.312 e. The SMILES string of the molecule is C#CCNC(=O)CN1CCN(CC)C(=O)C1=O. The van der Waals surface area contributed by atoms with Gasteiger partial charge in [0.15, 0.2) is 0 Å². The molecule has 1 heterocycles. The minimum atomic E-state index is -0.631. The number of hydrogen-bond acceptors (Lipinski definition) is 3. The van der Waals surface area contributed by atoms with Gasteiger partial charge in [0.05, 0.1) is 6.54 Å². The summed E-state index contributed by atoms with van der Waals surface area (Å²) >= 11 is 0. The molecule has 0 aliphatic carbocycles. The first-order valence-electron chi connectivity index (χ1n) is 5.38. The van der Waals surface area contributed by atoms with Gasteiger partial charge in [-0.15, -0.1) is 6.42 Å². The van der Waals surface area contributed by atoms with Crippen molar-refractivity contribution in [3.05, 3.63) is 0 Å². The first-order valence-corrected chi connectivity index (χ1v) is 5.38. The first kappa shape index (κ1) is 13.0. The Morgan fingerprint density at radius 1 is 1.35 bits per heavy atom. The Morgan fingerprint density at radius 3 is 2.53 bits per heavy atom. The van der Waals surface area contributed by atoms with Crippen molar-refractivity contribution < 1.29 is 14.4 Å². The van der Waals surface area contributed by atoms with Crippen molar-refractivity contribution in [1.29, 1.82) is 0 Å². The summed E-state index contributed by atoms with van der Waals surface area (Å²) < 4.78 is 0. The van der Waals surface area contributed by atoms with Crippen LogP contribution in [0.15, 0.2) is 0 Å². The van der Waals surface area contributed by atoms with Crippen molar-refractivity contribution in [2.45, 2.75) is 6.92 Å². The molecule has 1 rings (SSSR count). The Kier molecular flexibility index (Phi) is 4.52. The summed E-state index contributed by atoms with van der Waals surface area (Å²) in [6, 6.07) is 0. The van der Waals surface area contributed by atoms with Crippen LogP contribution in [-0.4, -0.2) is 60.2 Å². The number of terminal acetylenes is 1. The summed E-state index contributed by atoms with van der Waals surface area (Å²) in [4.78, 5) is 37.2. The fraction of sp³-hybridized carbons (Fsp3) is 0.545. The summed E-state index contributed by atoms with van der Waals surface area (Å²) in [5, 5.41) is 2.45. The van der Waals surface area contributed by atoms with E-state index in [-0.39, 0.29) is 19.0 Å². The Hall–Kier alpha value is -2.03. The second-order valence-corrected chi connectivity index (χ2v) is 3.59. The van der Waals surface area contributed by atoms with Crippen LogP contribution in [0.4, 0.5) is 0 Å². The number of hydrogen-bond donors (Lipinski definition) is 1. The maximum atomic E-state index is 11.6. The average Bonchev–Trinajstić information content (AvgIpc) is 2.33. The molecule has 0 spiro atoms.